The number of ether oxygens (including phenoxy) is 1. The van der Waals surface area contributed by atoms with E-state index in [1.165, 1.54) is 18.1 Å². The molecule has 1 aromatic heterocycles. The highest BCUT2D eigenvalue weighted by atomic mass is 16.5. The van der Waals surface area contributed by atoms with Crippen LogP contribution in [0.5, 0.6) is 0 Å². The normalized spacial score (nSPS) is 10.1. The summed E-state index contributed by atoms with van der Waals surface area (Å²) in [5.41, 5.74) is 1.41. The Kier molecular flexibility index (Phi) is 5.99. The van der Waals surface area contributed by atoms with Crippen LogP contribution in [-0.4, -0.2) is 36.9 Å². The van der Waals surface area contributed by atoms with Crippen molar-refractivity contribution in [1.82, 2.24) is 4.98 Å². The average Bonchev–Trinajstić information content (AvgIpc) is 2.78. The smallest absolute Gasteiger partial charge is 0.339 e. The van der Waals surface area contributed by atoms with Gasteiger partial charge in [0.1, 0.15) is 11.4 Å². The van der Waals surface area contributed by atoms with Gasteiger partial charge in [-0.2, -0.15) is 0 Å². The highest BCUT2D eigenvalue weighted by Gasteiger charge is 2.18. The summed E-state index contributed by atoms with van der Waals surface area (Å²) < 4.78 is 4.73. The Hall–Kier alpha value is -4.00. The fraction of sp³-hybridized carbons (Fsp3) is 0.0909. The fourth-order valence-electron chi connectivity index (χ4n) is 2.69. The van der Waals surface area contributed by atoms with E-state index >= 15 is 0 Å². The van der Waals surface area contributed by atoms with Crippen molar-refractivity contribution in [3.05, 3.63) is 89.7 Å². The Bertz CT molecular complexity index is 1050. The lowest BCUT2D eigenvalue weighted by atomic mass is 10.1. The Labute approximate surface area is 167 Å². The maximum absolute atomic E-state index is 12.7. The number of esters is 1. The number of amides is 2. The molecule has 1 heterocycles. The first-order valence-corrected chi connectivity index (χ1v) is 8.80. The van der Waals surface area contributed by atoms with E-state index in [-0.39, 0.29) is 22.9 Å². The van der Waals surface area contributed by atoms with Crippen molar-refractivity contribution in [1.29, 1.82) is 0 Å². The molecule has 0 fully saturated rings. The van der Waals surface area contributed by atoms with E-state index in [1.54, 1.807) is 55.6 Å². The van der Waals surface area contributed by atoms with Gasteiger partial charge in [0, 0.05) is 12.7 Å². The summed E-state index contributed by atoms with van der Waals surface area (Å²) in [6.07, 6.45) is 0. The van der Waals surface area contributed by atoms with Crippen LogP contribution in [0.3, 0.4) is 0 Å². The third-order valence-electron chi connectivity index (χ3n) is 4.23. The molecule has 0 aliphatic heterocycles. The molecule has 0 unspecified atom stereocenters. The van der Waals surface area contributed by atoms with Gasteiger partial charge in [-0.15, -0.1) is 0 Å². The monoisotopic (exact) mass is 389 g/mol. The molecule has 146 valence electrons. The van der Waals surface area contributed by atoms with Gasteiger partial charge in [-0.05, 0) is 36.4 Å². The van der Waals surface area contributed by atoms with Crippen molar-refractivity contribution in [3.63, 3.8) is 0 Å². The minimum atomic E-state index is -0.567. The van der Waals surface area contributed by atoms with Gasteiger partial charge in [0.2, 0.25) is 0 Å². The van der Waals surface area contributed by atoms with Crippen LogP contribution in [0.2, 0.25) is 0 Å². The van der Waals surface area contributed by atoms with Gasteiger partial charge < -0.3 is 15.0 Å². The number of rotatable bonds is 5. The molecule has 7 heteroatoms. The van der Waals surface area contributed by atoms with Crippen LogP contribution < -0.4 is 10.2 Å². The van der Waals surface area contributed by atoms with Crippen molar-refractivity contribution >= 4 is 29.2 Å². The first kappa shape index (κ1) is 19.8. The SMILES string of the molecule is COC(=O)c1ccccc1NC(=O)c1cccc(C(=O)N(C)c2ccccc2)n1. The molecular weight excluding hydrogens is 370 g/mol. The number of benzene rings is 2. The molecule has 0 saturated carbocycles. The van der Waals surface area contributed by atoms with E-state index in [9.17, 15) is 14.4 Å². The zero-order chi connectivity index (χ0) is 20.8. The third-order valence-corrected chi connectivity index (χ3v) is 4.23. The quantitative estimate of drug-likeness (QED) is 0.676. The van der Waals surface area contributed by atoms with Crippen LogP contribution in [0.1, 0.15) is 31.3 Å². The molecule has 0 bridgehead atoms. The Morgan fingerprint density at radius 1 is 0.862 bits per heavy atom. The molecule has 0 aliphatic rings. The third kappa shape index (κ3) is 4.47. The zero-order valence-corrected chi connectivity index (χ0v) is 16.0. The first-order chi connectivity index (χ1) is 14.0. The molecule has 29 heavy (non-hydrogen) atoms. The van der Waals surface area contributed by atoms with Crippen molar-refractivity contribution in [2.24, 2.45) is 0 Å². The largest absolute Gasteiger partial charge is 0.465 e. The predicted molar refractivity (Wildman–Crippen MR) is 109 cm³/mol. The minimum absolute atomic E-state index is 0.0528. The summed E-state index contributed by atoms with van der Waals surface area (Å²) in [6.45, 7) is 0. The van der Waals surface area contributed by atoms with Crippen LogP contribution in [0, 0.1) is 0 Å². The molecule has 0 spiro atoms. The predicted octanol–water partition coefficient (Wildman–Crippen LogP) is 3.40. The molecule has 0 saturated heterocycles. The Morgan fingerprint density at radius 2 is 1.52 bits per heavy atom. The van der Waals surface area contributed by atoms with E-state index in [2.05, 4.69) is 10.3 Å². The average molecular weight is 389 g/mol. The van der Waals surface area contributed by atoms with E-state index in [4.69, 9.17) is 4.74 Å². The highest BCUT2D eigenvalue weighted by molar-refractivity contribution is 6.08. The summed E-state index contributed by atoms with van der Waals surface area (Å²) >= 11 is 0. The molecular formula is C22H19N3O4. The van der Waals surface area contributed by atoms with Crippen molar-refractivity contribution in [2.45, 2.75) is 0 Å². The number of nitrogens with zero attached hydrogens (tertiary/aromatic N) is 2. The van der Waals surface area contributed by atoms with Crippen LogP contribution in [0.15, 0.2) is 72.8 Å². The molecule has 0 aliphatic carbocycles. The minimum Gasteiger partial charge on any atom is -0.465 e. The van der Waals surface area contributed by atoms with Gasteiger partial charge in [-0.1, -0.05) is 36.4 Å². The highest BCUT2D eigenvalue weighted by Crippen LogP contribution is 2.18. The summed E-state index contributed by atoms with van der Waals surface area (Å²) in [6, 6.07) is 20.2. The zero-order valence-electron chi connectivity index (χ0n) is 16.0. The van der Waals surface area contributed by atoms with Gasteiger partial charge in [-0.3, -0.25) is 9.59 Å². The first-order valence-electron chi connectivity index (χ1n) is 8.80. The van der Waals surface area contributed by atoms with Crippen molar-refractivity contribution in [2.75, 3.05) is 24.4 Å². The second-order valence-corrected chi connectivity index (χ2v) is 6.10. The molecule has 3 rings (SSSR count). The van der Waals surface area contributed by atoms with Gasteiger partial charge in [-0.25, -0.2) is 9.78 Å². The summed E-state index contributed by atoms with van der Waals surface area (Å²) in [5, 5.41) is 2.64. The summed E-state index contributed by atoms with van der Waals surface area (Å²) in [5.74, 6) is -1.46. The van der Waals surface area contributed by atoms with Gasteiger partial charge in [0.15, 0.2) is 0 Å². The Morgan fingerprint density at radius 3 is 2.24 bits per heavy atom. The van der Waals surface area contributed by atoms with Crippen LogP contribution in [0.25, 0.3) is 0 Å². The number of nitrogens with one attached hydrogen (secondary N) is 1. The Balaban J connectivity index is 1.82. The lowest BCUT2D eigenvalue weighted by molar-refractivity contribution is 0.0601. The van der Waals surface area contributed by atoms with Crippen LogP contribution in [-0.2, 0) is 4.74 Å². The second kappa shape index (κ2) is 8.79. The second-order valence-electron chi connectivity index (χ2n) is 6.10. The van der Waals surface area contributed by atoms with E-state index < -0.39 is 11.9 Å². The van der Waals surface area contributed by atoms with Gasteiger partial charge >= 0.3 is 5.97 Å². The molecule has 3 aromatic rings. The number of methoxy groups -OCH3 is 1. The van der Waals surface area contributed by atoms with Gasteiger partial charge in [0.25, 0.3) is 11.8 Å². The van der Waals surface area contributed by atoms with Crippen molar-refractivity contribution < 1.29 is 19.1 Å². The lowest BCUT2D eigenvalue weighted by Gasteiger charge is -2.17. The summed E-state index contributed by atoms with van der Waals surface area (Å²) in [4.78, 5) is 42.9. The summed E-state index contributed by atoms with van der Waals surface area (Å²) in [7, 11) is 2.90. The topological polar surface area (TPSA) is 88.6 Å². The number of carbonyl (C=O) groups excluding carboxylic acids is 3. The number of aromatic nitrogens is 1. The number of para-hydroxylation sites is 2. The number of carbonyl (C=O) groups is 3. The van der Waals surface area contributed by atoms with E-state index in [1.807, 2.05) is 18.2 Å². The maximum Gasteiger partial charge on any atom is 0.339 e. The molecule has 0 radical (unpaired) electrons. The van der Waals surface area contributed by atoms with E-state index in [0.29, 0.717) is 11.4 Å². The fourth-order valence-corrected chi connectivity index (χ4v) is 2.69. The molecule has 0 atom stereocenters. The van der Waals surface area contributed by atoms with Crippen LogP contribution >= 0.6 is 0 Å². The standard InChI is InChI=1S/C22H19N3O4/c1-25(15-9-4-3-5-10-15)21(27)19-14-8-13-18(23-19)20(26)24-17-12-7-6-11-16(17)22(28)29-2/h3-14H,1-2H3,(H,24,26). The maximum atomic E-state index is 12.7. The molecule has 1 N–H and O–H groups in total. The number of hydrogen-bond acceptors (Lipinski definition) is 5. The molecule has 2 amide bonds. The molecule has 7 nitrogen and oxygen atoms in total. The lowest BCUT2D eigenvalue weighted by Crippen LogP contribution is -2.28. The number of hydrogen-bond donors (Lipinski definition) is 1. The number of anilines is 2. The van der Waals surface area contributed by atoms with Crippen molar-refractivity contribution in [3.8, 4) is 0 Å². The van der Waals surface area contributed by atoms with Gasteiger partial charge in [0.05, 0.1) is 18.4 Å². The number of pyridine rings is 1. The van der Waals surface area contributed by atoms with E-state index in [0.717, 1.165) is 0 Å². The molecule has 2 aromatic carbocycles. The van der Waals surface area contributed by atoms with Crippen LogP contribution in [0.4, 0.5) is 11.4 Å².